The lowest BCUT2D eigenvalue weighted by molar-refractivity contribution is -0.135. The van der Waals surface area contributed by atoms with Crippen molar-refractivity contribution in [1.82, 2.24) is 9.80 Å². The van der Waals surface area contributed by atoms with Gasteiger partial charge in [0, 0.05) is 54.7 Å². The van der Waals surface area contributed by atoms with Crippen molar-refractivity contribution in [1.29, 1.82) is 0 Å². The molecule has 7 heteroatoms. The van der Waals surface area contributed by atoms with Gasteiger partial charge >= 0.3 is 5.97 Å². The van der Waals surface area contributed by atoms with E-state index in [1.165, 1.54) is 18.1 Å². The number of likely N-dealkylation sites (N-methyl/N-ethyl adjacent to an activating group) is 1. The summed E-state index contributed by atoms with van der Waals surface area (Å²) in [5, 5.41) is 0. The number of amides is 1. The maximum atomic E-state index is 13.4. The molecule has 3 heterocycles. The van der Waals surface area contributed by atoms with E-state index in [2.05, 4.69) is 35.2 Å². The molecule has 1 amide bonds. The zero-order valence-corrected chi connectivity index (χ0v) is 23.6. The monoisotopic (exact) mass is 552 g/mol. The van der Waals surface area contributed by atoms with Gasteiger partial charge in [-0.1, -0.05) is 30.3 Å². The Bertz CT molecular complexity index is 1480. The summed E-state index contributed by atoms with van der Waals surface area (Å²) in [7, 11) is 1.90. The summed E-state index contributed by atoms with van der Waals surface area (Å²) in [5.74, 6) is 1.61. The SMILES string of the molecule is CC(=O)Oc1ccc2c3c1C[C@@H]1[C@@H]4CC[C@H](N(C)C(=O)/C=C/c5ccoc5)[C@H](O2)[C@]34CCN1CCc1ccccc1. The average Bonchev–Trinajstić information content (AvgIpc) is 3.61. The van der Waals surface area contributed by atoms with Crippen LogP contribution in [0, 0.1) is 5.92 Å². The molecule has 5 atom stereocenters. The van der Waals surface area contributed by atoms with Gasteiger partial charge in [-0.2, -0.15) is 0 Å². The number of rotatable bonds is 7. The lowest BCUT2D eigenvalue weighted by Crippen LogP contribution is -2.69. The molecule has 2 fully saturated rings. The highest BCUT2D eigenvalue weighted by atomic mass is 16.5. The molecular formula is C34H36N2O5. The van der Waals surface area contributed by atoms with Crippen molar-refractivity contribution in [3.63, 3.8) is 0 Å². The second-order valence-corrected chi connectivity index (χ2v) is 12.0. The third-order valence-electron chi connectivity index (χ3n) is 9.99. The van der Waals surface area contributed by atoms with Crippen LogP contribution in [0.5, 0.6) is 11.5 Å². The Balaban J connectivity index is 1.23. The van der Waals surface area contributed by atoms with E-state index in [0.717, 1.165) is 62.1 Å². The van der Waals surface area contributed by atoms with Crippen LogP contribution in [-0.4, -0.2) is 60.0 Å². The minimum atomic E-state index is -0.307. The first-order valence-electron chi connectivity index (χ1n) is 14.7. The van der Waals surface area contributed by atoms with Crippen LogP contribution in [0.3, 0.4) is 0 Å². The molecular weight excluding hydrogens is 516 g/mol. The first-order valence-corrected chi connectivity index (χ1v) is 14.7. The van der Waals surface area contributed by atoms with Crippen molar-refractivity contribution in [2.24, 2.45) is 5.92 Å². The molecule has 2 bridgehead atoms. The summed E-state index contributed by atoms with van der Waals surface area (Å²) in [6.45, 7) is 3.44. The van der Waals surface area contributed by atoms with Gasteiger partial charge in [-0.25, -0.2) is 0 Å². The van der Waals surface area contributed by atoms with Crippen molar-refractivity contribution >= 4 is 18.0 Å². The van der Waals surface area contributed by atoms with Gasteiger partial charge in [-0.05, 0) is 74.4 Å². The Hall–Kier alpha value is -3.84. The van der Waals surface area contributed by atoms with Gasteiger partial charge in [0.2, 0.25) is 5.91 Å². The van der Waals surface area contributed by atoms with E-state index in [-0.39, 0.29) is 29.4 Å². The number of esters is 1. The van der Waals surface area contributed by atoms with E-state index < -0.39 is 0 Å². The summed E-state index contributed by atoms with van der Waals surface area (Å²) in [6, 6.07) is 16.7. The van der Waals surface area contributed by atoms with E-state index in [1.807, 2.05) is 30.1 Å². The van der Waals surface area contributed by atoms with Crippen molar-refractivity contribution in [3.8, 4) is 11.5 Å². The second-order valence-electron chi connectivity index (χ2n) is 12.0. The third kappa shape index (κ3) is 4.29. The number of carbonyl (C=O) groups excluding carboxylic acids is 2. The average molecular weight is 553 g/mol. The summed E-state index contributed by atoms with van der Waals surface area (Å²) in [5.41, 5.74) is 4.34. The topological polar surface area (TPSA) is 72.2 Å². The van der Waals surface area contributed by atoms with Crippen LogP contribution in [0.4, 0.5) is 0 Å². The summed E-state index contributed by atoms with van der Waals surface area (Å²) >= 11 is 0. The van der Waals surface area contributed by atoms with Crippen LogP contribution in [0.2, 0.25) is 0 Å². The lowest BCUT2D eigenvalue weighted by Gasteiger charge is -2.60. The molecule has 2 aromatic carbocycles. The Morgan fingerprint density at radius 3 is 2.78 bits per heavy atom. The number of piperidine rings is 1. The summed E-state index contributed by atoms with van der Waals surface area (Å²) in [6.07, 6.45) is 11.2. The van der Waals surface area contributed by atoms with Crippen LogP contribution in [0.15, 0.2) is 71.6 Å². The summed E-state index contributed by atoms with van der Waals surface area (Å²) in [4.78, 5) is 30.0. The minimum Gasteiger partial charge on any atom is -0.487 e. The van der Waals surface area contributed by atoms with Gasteiger partial charge in [-0.3, -0.25) is 14.5 Å². The Labute approximate surface area is 240 Å². The van der Waals surface area contributed by atoms with Crippen LogP contribution >= 0.6 is 0 Å². The number of furan rings is 1. The maximum Gasteiger partial charge on any atom is 0.308 e. The third-order valence-corrected chi connectivity index (χ3v) is 9.99. The van der Waals surface area contributed by atoms with E-state index in [4.69, 9.17) is 13.9 Å². The number of carbonyl (C=O) groups is 2. The molecule has 2 aliphatic heterocycles. The molecule has 1 aromatic heterocycles. The van der Waals surface area contributed by atoms with Crippen molar-refractivity contribution in [3.05, 3.63) is 89.4 Å². The van der Waals surface area contributed by atoms with Gasteiger partial charge in [0.15, 0.2) is 0 Å². The Morgan fingerprint density at radius 1 is 1.15 bits per heavy atom. The van der Waals surface area contributed by atoms with E-state index in [9.17, 15) is 9.59 Å². The molecule has 0 unspecified atom stereocenters. The molecule has 7 nitrogen and oxygen atoms in total. The van der Waals surface area contributed by atoms with Gasteiger partial charge < -0.3 is 18.8 Å². The van der Waals surface area contributed by atoms with Crippen molar-refractivity contribution in [2.45, 2.75) is 62.6 Å². The first kappa shape index (κ1) is 26.1. The van der Waals surface area contributed by atoms with Crippen molar-refractivity contribution < 1.29 is 23.5 Å². The second kappa shape index (κ2) is 10.2. The molecule has 4 aliphatic rings. The van der Waals surface area contributed by atoms with Gasteiger partial charge in [0.05, 0.1) is 18.6 Å². The molecule has 0 N–H and O–H groups in total. The minimum absolute atomic E-state index is 0.0425. The Morgan fingerprint density at radius 2 is 2.00 bits per heavy atom. The smallest absolute Gasteiger partial charge is 0.308 e. The Kier molecular flexibility index (Phi) is 6.50. The van der Waals surface area contributed by atoms with E-state index in [0.29, 0.717) is 17.7 Å². The molecule has 212 valence electrons. The van der Waals surface area contributed by atoms with Gasteiger partial charge in [0.25, 0.3) is 0 Å². The first-order chi connectivity index (χ1) is 20.0. The largest absolute Gasteiger partial charge is 0.487 e. The maximum absolute atomic E-state index is 13.4. The highest BCUT2D eigenvalue weighted by Crippen LogP contribution is 2.63. The standard InChI is InChI=1S/C34H36N2O5/c1-22(37)40-29-11-12-30-32-25(29)20-28-26-9-10-27(35(2)31(38)13-8-24-15-19-39-21-24)33(41-30)34(26,32)16-18-36(28)17-14-23-6-4-3-5-7-23/h3-8,11-13,15,19,21,26-28,33H,9-10,14,16-18,20H2,1-2H3/b13-8+/t26-,27-,28+,33-,34-/m0/s1. The van der Waals surface area contributed by atoms with Gasteiger partial charge in [-0.15, -0.1) is 0 Å². The molecule has 3 aromatic rings. The van der Waals surface area contributed by atoms with Crippen LogP contribution in [0.25, 0.3) is 6.08 Å². The zero-order valence-electron chi connectivity index (χ0n) is 23.6. The number of hydrogen-bond donors (Lipinski definition) is 0. The van der Waals surface area contributed by atoms with Crippen molar-refractivity contribution in [2.75, 3.05) is 20.1 Å². The predicted octanol–water partition coefficient (Wildman–Crippen LogP) is 5.03. The molecule has 7 rings (SSSR count). The van der Waals surface area contributed by atoms with E-state index >= 15 is 0 Å². The predicted molar refractivity (Wildman–Crippen MR) is 155 cm³/mol. The van der Waals surface area contributed by atoms with E-state index in [1.54, 1.807) is 24.7 Å². The van der Waals surface area contributed by atoms with Gasteiger partial charge in [0.1, 0.15) is 17.6 Å². The molecule has 0 radical (unpaired) electrons. The quantitative estimate of drug-likeness (QED) is 0.233. The number of hydrogen-bond acceptors (Lipinski definition) is 6. The number of benzene rings is 2. The zero-order chi connectivity index (χ0) is 28.1. The molecule has 1 spiro atoms. The number of ether oxygens (including phenoxy) is 2. The molecule has 1 saturated carbocycles. The van der Waals surface area contributed by atoms with Crippen LogP contribution in [0.1, 0.15) is 48.4 Å². The normalized spacial score (nSPS) is 27.8. The number of likely N-dealkylation sites (tertiary alicyclic amines) is 1. The van der Waals surface area contributed by atoms with Crippen LogP contribution in [-0.2, 0) is 27.8 Å². The fourth-order valence-electron chi connectivity index (χ4n) is 8.26. The molecule has 41 heavy (non-hydrogen) atoms. The molecule has 1 saturated heterocycles. The number of nitrogens with zero attached hydrogens (tertiary/aromatic N) is 2. The highest BCUT2D eigenvalue weighted by Gasteiger charge is 2.66. The fraction of sp³-hybridized carbons (Fsp3) is 0.412. The fourth-order valence-corrected chi connectivity index (χ4v) is 8.26. The molecule has 2 aliphatic carbocycles. The van der Waals surface area contributed by atoms with Crippen LogP contribution < -0.4 is 9.47 Å². The lowest BCUT2D eigenvalue weighted by atomic mass is 9.51. The summed E-state index contributed by atoms with van der Waals surface area (Å²) < 4.78 is 17.8. The highest BCUT2D eigenvalue weighted by molar-refractivity contribution is 5.91.